The smallest absolute Gasteiger partial charge is 0.234 e. The molecule has 0 bridgehead atoms. The Labute approximate surface area is 162 Å². The minimum atomic E-state index is -0.221. The van der Waals surface area contributed by atoms with Crippen molar-refractivity contribution in [2.24, 2.45) is 5.92 Å². The van der Waals surface area contributed by atoms with Crippen molar-refractivity contribution in [3.63, 3.8) is 0 Å². The van der Waals surface area contributed by atoms with E-state index in [2.05, 4.69) is 22.3 Å². The van der Waals surface area contributed by atoms with Crippen LogP contribution in [0, 0.1) is 5.92 Å². The molecule has 1 atom stereocenters. The van der Waals surface area contributed by atoms with Gasteiger partial charge in [0.1, 0.15) is 5.75 Å². The quantitative estimate of drug-likeness (QED) is 0.834. The van der Waals surface area contributed by atoms with E-state index < -0.39 is 0 Å². The fourth-order valence-corrected chi connectivity index (χ4v) is 4.67. The molecule has 2 N–H and O–H groups in total. The van der Waals surface area contributed by atoms with Gasteiger partial charge in [0.2, 0.25) is 5.91 Å². The Kier molecular flexibility index (Phi) is 5.98. The number of nitrogens with zero attached hydrogens (tertiary/aromatic N) is 1. The lowest BCUT2D eigenvalue weighted by Gasteiger charge is -2.38. The SMILES string of the molecule is O=C(CN1CCCCCCC1)NC(c1ccc2c(c1)CCO2)C1CC(O)C1. The van der Waals surface area contributed by atoms with Crippen LogP contribution in [0.1, 0.15) is 62.1 Å². The van der Waals surface area contributed by atoms with Crippen molar-refractivity contribution in [1.29, 1.82) is 0 Å². The number of aliphatic hydroxyl groups excluding tert-OH is 1. The minimum Gasteiger partial charge on any atom is -0.493 e. The largest absolute Gasteiger partial charge is 0.493 e. The second-order valence-corrected chi connectivity index (χ2v) is 8.44. The standard InChI is InChI=1S/C22H32N2O3/c25-19-13-18(14-19)22(17-6-7-20-16(12-17)8-11-27-20)23-21(26)15-24-9-4-2-1-3-5-10-24/h6-7,12,18-19,22,25H,1-5,8-11,13-15H2,(H,23,26). The summed E-state index contributed by atoms with van der Waals surface area (Å²) in [6, 6.07) is 6.29. The van der Waals surface area contributed by atoms with Crippen LogP contribution in [0.2, 0.25) is 0 Å². The molecular weight excluding hydrogens is 340 g/mol. The van der Waals surface area contributed by atoms with Gasteiger partial charge in [-0.3, -0.25) is 9.69 Å². The summed E-state index contributed by atoms with van der Waals surface area (Å²) in [6.45, 7) is 3.28. The zero-order valence-electron chi connectivity index (χ0n) is 16.2. The molecule has 1 amide bonds. The fourth-order valence-electron chi connectivity index (χ4n) is 4.67. The van der Waals surface area contributed by atoms with E-state index in [0.29, 0.717) is 12.5 Å². The molecule has 5 heteroatoms. The van der Waals surface area contributed by atoms with Crippen molar-refractivity contribution in [1.82, 2.24) is 10.2 Å². The molecule has 148 valence electrons. The number of rotatable bonds is 5. The molecule has 2 heterocycles. The van der Waals surface area contributed by atoms with Crippen LogP contribution in [0.25, 0.3) is 0 Å². The summed E-state index contributed by atoms with van der Waals surface area (Å²) in [4.78, 5) is 15.1. The number of ether oxygens (including phenoxy) is 1. The first-order valence-corrected chi connectivity index (χ1v) is 10.6. The van der Waals surface area contributed by atoms with Gasteiger partial charge in [-0.15, -0.1) is 0 Å². The van der Waals surface area contributed by atoms with E-state index in [0.717, 1.165) is 50.3 Å². The fraction of sp³-hybridized carbons (Fsp3) is 0.682. The maximum atomic E-state index is 12.8. The van der Waals surface area contributed by atoms with Gasteiger partial charge in [0.15, 0.2) is 0 Å². The Balaban J connectivity index is 1.42. The second-order valence-electron chi connectivity index (χ2n) is 8.44. The molecule has 1 saturated heterocycles. The van der Waals surface area contributed by atoms with Crippen LogP contribution in [0.15, 0.2) is 18.2 Å². The molecule has 5 nitrogen and oxygen atoms in total. The lowest BCUT2D eigenvalue weighted by atomic mass is 9.75. The van der Waals surface area contributed by atoms with Gasteiger partial charge in [-0.1, -0.05) is 25.3 Å². The van der Waals surface area contributed by atoms with Gasteiger partial charge >= 0.3 is 0 Å². The van der Waals surface area contributed by atoms with E-state index in [4.69, 9.17) is 4.74 Å². The molecule has 0 radical (unpaired) electrons. The topological polar surface area (TPSA) is 61.8 Å². The Bertz CT molecular complexity index is 649. The van der Waals surface area contributed by atoms with Crippen molar-refractivity contribution >= 4 is 5.91 Å². The first-order valence-electron chi connectivity index (χ1n) is 10.6. The number of aliphatic hydroxyl groups is 1. The lowest BCUT2D eigenvalue weighted by Crippen LogP contribution is -2.45. The minimum absolute atomic E-state index is 0.0124. The average molecular weight is 373 g/mol. The molecule has 0 aromatic heterocycles. The van der Waals surface area contributed by atoms with Crippen molar-refractivity contribution in [3.05, 3.63) is 29.3 Å². The molecule has 1 aliphatic carbocycles. The summed E-state index contributed by atoms with van der Waals surface area (Å²) in [5.41, 5.74) is 2.38. The summed E-state index contributed by atoms with van der Waals surface area (Å²) >= 11 is 0. The zero-order valence-corrected chi connectivity index (χ0v) is 16.2. The van der Waals surface area contributed by atoms with Crippen molar-refractivity contribution in [2.45, 2.75) is 63.5 Å². The van der Waals surface area contributed by atoms with Gasteiger partial charge in [-0.2, -0.15) is 0 Å². The molecule has 1 unspecified atom stereocenters. The van der Waals surface area contributed by atoms with E-state index in [1.807, 2.05) is 6.07 Å². The molecule has 1 aromatic rings. The van der Waals surface area contributed by atoms with E-state index >= 15 is 0 Å². The number of carbonyl (C=O) groups excluding carboxylic acids is 1. The summed E-state index contributed by atoms with van der Waals surface area (Å²) < 4.78 is 5.62. The van der Waals surface area contributed by atoms with Crippen molar-refractivity contribution < 1.29 is 14.6 Å². The van der Waals surface area contributed by atoms with Crippen LogP contribution in [0.5, 0.6) is 5.75 Å². The lowest BCUT2D eigenvalue weighted by molar-refractivity contribution is -0.124. The Hall–Kier alpha value is -1.59. The summed E-state index contributed by atoms with van der Waals surface area (Å²) in [5.74, 6) is 1.40. The van der Waals surface area contributed by atoms with E-state index in [1.54, 1.807) is 0 Å². The molecule has 27 heavy (non-hydrogen) atoms. The number of hydrogen-bond acceptors (Lipinski definition) is 4. The maximum Gasteiger partial charge on any atom is 0.234 e. The van der Waals surface area contributed by atoms with E-state index in [1.165, 1.54) is 37.7 Å². The number of amides is 1. The molecule has 1 aromatic carbocycles. The van der Waals surface area contributed by atoms with Crippen LogP contribution in [-0.4, -0.2) is 48.3 Å². The normalized spacial score (nSPS) is 26.9. The van der Waals surface area contributed by atoms with E-state index in [-0.39, 0.29) is 18.1 Å². The number of hydrogen-bond donors (Lipinski definition) is 2. The highest BCUT2D eigenvalue weighted by molar-refractivity contribution is 5.78. The summed E-state index contributed by atoms with van der Waals surface area (Å²) in [7, 11) is 0. The number of nitrogens with one attached hydrogen (secondary N) is 1. The van der Waals surface area contributed by atoms with Gasteiger partial charge < -0.3 is 15.2 Å². The number of carbonyl (C=O) groups is 1. The monoisotopic (exact) mass is 372 g/mol. The van der Waals surface area contributed by atoms with Crippen LogP contribution in [0.3, 0.4) is 0 Å². The molecule has 2 fully saturated rings. The van der Waals surface area contributed by atoms with Crippen molar-refractivity contribution in [3.8, 4) is 5.75 Å². The Morgan fingerprint density at radius 1 is 1.19 bits per heavy atom. The first-order chi connectivity index (χ1) is 13.2. The third kappa shape index (κ3) is 4.64. The number of fused-ring (bicyclic) bond motifs is 1. The van der Waals surface area contributed by atoms with Gasteiger partial charge in [0.05, 0.1) is 25.3 Å². The van der Waals surface area contributed by atoms with Gasteiger partial charge in [0.25, 0.3) is 0 Å². The Morgan fingerprint density at radius 2 is 1.93 bits per heavy atom. The highest BCUT2D eigenvalue weighted by Gasteiger charge is 2.36. The zero-order chi connectivity index (χ0) is 18.6. The highest BCUT2D eigenvalue weighted by Crippen LogP contribution is 2.39. The molecule has 1 saturated carbocycles. The van der Waals surface area contributed by atoms with Crippen LogP contribution in [-0.2, 0) is 11.2 Å². The second kappa shape index (κ2) is 8.61. The van der Waals surface area contributed by atoms with E-state index in [9.17, 15) is 9.90 Å². The first kappa shape index (κ1) is 18.8. The molecule has 4 rings (SSSR count). The van der Waals surface area contributed by atoms with Crippen LogP contribution in [0.4, 0.5) is 0 Å². The molecule has 0 spiro atoms. The third-order valence-electron chi connectivity index (χ3n) is 6.33. The number of benzene rings is 1. The molecular formula is C22H32N2O3. The molecule has 3 aliphatic rings. The van der Waals surface area contributed by atoms with Gasteiger partial charge in [-0.25, -0.2) is 0 Å². The van der Waals surface area contributed by atoms with Crippen LogP contribution >= 0.6 is 0 Å². The predicted molar refractivity (Wildman–Crippen MR) is 105 cm³/mol. The number of likely N-dealkylation sites (tertiary alicyclic amines) is 1. The average Bonchev–Trinajstić information content (AvgIpc) is 3.07. The van der Waals surface area contributed by atoms with Gasteiger partial charge in [0, 0.05) is 6.42 Å². The van der Waals surface area contributed by atoms with Crippen molar-refractivity contribution in [2.75, 3.05) is 26.2 Å². The maximum absolute atomic E-state index is 12.8. The predicted octanol–water partition coefficient (Wildman–Crippen LogP) is 2.82. The summed E-state index contributed by atoms with van der Waals surface area (Å²) in [5, 5.41) is 13.1. The summed E-state index contributed by atoms with van der Waals surface area (Å²) in [6.07, 6.45) is 8.51. The van der Waals surface area contributed by atoms with Gasteiger partial charge in [-0.05, 0) is 68.0 Å². The van der Waals surface area contributed by atoms with Crippen LogP contribution < -0.4 is 10.1 Å². The third-order valence-corrected chi connectivity index (χ3v) is 6.33. The Morgan fingerprint density at radius 3 is 2.67 bits per heavy atom. The molecule has 2 aliphatic heterocycles. The highest BCUT2D eigenvalue weighted by atomic mass is 16.5.